The maximum Gasteiger partial charge on any atom is 0.226 e. The molecule has 0 radical (unpaired) electrons. The van der Waals surface area contributed by atoms with E-state index >= 15 is 0 Å². The molecule has 0 aromatic heterocycles. The Morgan fingerprint density at radius 1 is 0.949 bits per heavy atom. The highest BCUT2D eigenvalue weighted by molar-refractivity contribution is 8.77. The first-order chi connectivity index (χ1) is 18.6. The molecule has 0 fully saturated rings. The molecule has 2 unspecified atom stereocenters. The van der Waals surface area contributed by atoms with Crippen LogP contribution < -0.4 is 15.4 Å². The summed E-state index contributed by atoms with van der Waals surface area (Å²) in [7, 11) is 3.43. The van der Waals surface area contributed by atoms with Crippen molar-refractivity contribution in [2.24, 2.45) is 5.92 Å². The zero-order valence-electron chi connectivity index (χ0n) is 25.1. The fourth-order valence-corrected chi connectivity index (χ4v) is 5.11. The molecule has 1 rings (SSSR count). The molecular formula is C29H52N2O6S2. The van der Waals surface area contributed by atoms with Gasteiger partial charge in [-0.1, -0.05) is 69.2 Å². The number of ether oxygens (including phenoxy) is 5. The van der Waals surface area contributed by atoms with Gasteiger partial charge in [-0.3, -0.25) is 4.79 Å². The Balaban J connectivity index is 2.35. The van der Waals surface area contributed by atoms with Crippen molar-refractivity contribution in [3.8, 4) is 5.75 Å². The molecule has 1 aromatic rings. The van der Waals surface area contributed by atoms with Crippen molar-refractivity contribution in [1.82, 2.24) is 5.32 Å². The SMILES string of the molecule is CCC(C)NCCOCCOCCC(=O)Nc1cccc(OCC(OCCOCC(C)C)SSC(C)(C)C)c1. The number of carbonyl (C=O) groups is 1. The molecule has 0 spiro atoms. The molecule has 10 heteroatoms. The summed E-state index contributed by atoms with van der Waals surface area (Å²) in [6.45, 7) is 20.1. The minimum Gasteiger partial charge on any atom is -0.490 e. The lowest BCUT2D eigenvalue weighted by Gasteiger charge is -2.22. The van der Waals surface area contributed by atoms with Crippen LogP contribution in [-0.4, -0.2) is 81.5 Å². The number of anilines is 1. The maximum absolute atomic E-state index is 12.3. The molecule has 0 aliphatic rings. The number of nitrogens with one attached hydrogen (secondary N) is 2. The second-order valence-corrected chi connectivity index (χ2v) is 13.9. The number of benzene rings is 1. The fraction of sp³-hybridized carbons (Fsp3) is 0.759. The summed E-state index contributed by atoms with van der Waals surface area (Å²) in [5, 5.41) is 6.29. The number of rotatable bonds is 23. The largest absolute Gasteiger partial charge is 0.490 e. The predicted octanol–water partition coefficient (Wildman–Crippen LogP) is 6.01. The van der Waals surface area contributed by atoms with Gasteiger partial charge >= 0.3 is 0 Å². The van der Waals surface area contributed by atoms with Gasteiger partial charge in [-0.25, -0.2) is 0 Å². The predicted molar refractivity (Wildman–Crippen MR) is 165 cm³/mol. The molecule has 0 bridgehead atoms. The highest BCUT2D eigenvalue weighted by atomic mass is 33.1. The van der Waals surface area contributed by atoms with Crippen LogP contribution in [0.3, 0.4) is 0 Å². The second-order valence-electron chi connectivity index (χ2n) is 10.7. The van der Waals surface area contributed by atoms with E-state index in [0.717, 1.165) is 19.6 Å². The number of hydrogen-bond acceptors (Lipinski definition) is 9. The third-order valence-electron chi connectivity index (χ3n) is 5.09. The van der Waals surface area contributed by atoms with E-state index in [1.807, 2.05) is 24.3 Å². The van der Waals surface area contributed by atoms with Gasteiger partial charge in [-0.05, 0) is 31.4 Å². The van der Waals surface area contributed by atoms with Crippen molar-refractivity contribution in [3.63, 3.8) is 0 Å². The number of carbonyl (C=O) groups excluding carboxylic acids is 1. The van der Waals surface area contributed by atoms with Crippen molar-refractivity contribution in [2.45, 2.75) is 77.5 Å². The van der Waals surface area contributed by atoms with Gasteiger partial charge in [0.2, 0.25) is 5.91 Å². The van der Waals surface area contributed by atoms with Crippen LogP contribution in [-0.2, 0) is 23.7 Å². The quantitative estimate of drug-likeness (QED) is 0.0906. The van der Waals surface area contributed by atoms with Crippen LogP contribution in [0.15, 0.2) is 24.3 Å². The van der Waals surface area contributed by atoms with Crippen molar-refractivity contribution < 1.29 is 28.5 Å². The first-order valence-corrected chi connectivity index (χ1v) is 16.3. The normalized spacial score (nSPS) is 13.4. The van der Waals surface area contributed by atoms with Crippen molar-refractivity contribution in [1.29, 1.82) is 0 Å². The van der Waals surface area contributed by atoms with Crippen LogP contribution in [0.5, 0.6) is 5.75 Å². The molecule has 0 saturated heterocycles. The number of amides is 1. The Bertz CT molecular complexity index is 764. The molecule has 39 heavy (non-hydrogen) atoms. The van der Waals surface area contributed by atoms with Crippen LogP contribution >= 0.6 is 21.6 Å². The van der Waals surface area contributed by atoms with E-state index in [4.69, 9.17) is 23.7 Å². The van der Waals surface area contributed by atoms with E-state index in [2.05, 4.69) is 59.1 Å². The zero-order valence-corrected chi connectivity index (χ0v) is 26.7. The van der Waals surface area contributed by atoms with Gasteiger partial charge in [0, 0.05) is 35.7 Å². The highest BCUT2D eigenvalue weighted by Gasteiger charge is 2.18. The minimum absolute atomic E-state index is 0.103. The average molecular weight is 589 g/mol. The van der Waals surface area contributed by atoms with Crippen LogP contribution in [0.1, 0.15) is 61.3 Å². The zero-order chi connectivity index (χ0) is 28.9. The molecule has 0 aliphatic carbocycles. The summed E-state index contributed by atoms with van der Waals surface area (Å²) in [5.41, 5.74) is 0.540. The third-order valence-corrected chi connectivity index (χ3v) is 8.60. The van der Waals surface area contributed by atoms with E-state index in [9.17, 15) is 4.79 Å². The lowest BCUT2D eigenvalue weighted by atomic mass is 10.2. The van der Waals surface area contributed by atoms with Gasteiger partial charge in [0.1, 0.15) is 17.8 Å². The molecule has 1 aromatic carbocycles. The smallest absolute Gasteiger partial charge is 0.226 e. The van der Waals surface area contributed by atoms with E-state index < -0.39 is 0 Å². The number of hydrogen-bond donors (Lipinski definition) is 2. The van der Waals surface area contributed by atoms with Gasteiger partial charge in [0.05, 0.1) is 46.1 Å². The van der Waals surface area contributed by atoms with Crippen LogP contribution in [0, 0.1) is 5.92 Å². The first kappa shape index (κ1) is 36.0. The van der Waals surface area contributed by atoms with Gasteiger partial charge in [0.25, 0.3) is 0 Å². The molecule has 226 valence electrons. The van der Waals surface area contributed by atoms with E-state index in [0.29, 0.717) is 69.6 Å². The standard InChI is InChI=1S/C29H52N2O6S2/c1-8-24(4)30-13-15-34-17-16-33-14-12-27(32)31-25-10-9-11-26(20-25)37-22-28(38-39-29(5,6)7)36-19-18-35-21-23(2)3/h9-11,20,23-24,28,30H,8,12-19,21-22H2,1-7H3,(H,31,32). The molecule has 1 amide bonds. The first-order valence-electron chi connectivity index (χ1n) is 14.0. The van der Waals surface area contributed by atoms with Gasteiger partial charge in [0.15, 0.2) is 0 Å². The summed E-state index contributed by atoms with van der Waals surface area (Å²) in [4.78, 5) is 12.3. The Labute approximate surface area is 244 Å². The molecular weight excluding hydrogens is 536 g/mol. The lowest BCUT2D eigenvalue weighted by molar-refractivity contribution is -0.117. The Morgan fingerprint density at radius 3 is 2.36 bits per heavy atom. The minimum atomic E-state index is -0.146. The molecule has 0 saturated carbocycles. The van der Waals surface area contributed by atoms with E-state index in [1.165, 1.54) is 0 Å². The van der Waals surface area contributed by atoms with E-state index in [-0.39, 0.29) is 22.5 Å². The van der Waals surface area contributed by atoms with E-state index in [1.54, 1.807) is 21.6 Å². The maximum atomic E-state index is 12.3. The van der Waals surface area contributed by atoms with Crippen molar-refractivity contribution in [2.75, 3.05) is 64.7 Å². The second kappa shape index (κ2) is 21.7. The van der Waals surface area contributed by atoms with Gasteiger partial charge < -0.3 is 34.3 Å². The van der Waals surface area contributed by atoms with Crippen LogP contribution in [0.4, 0.5) is 5.69 Å². The highest BCUT2D eigenvalue weighted by Crippen LogP contribution is 2.38. The summed E-state index contributed by atoms with van der Waals surface area (Å²) in [6, 6.07) is 7.91. The Morgan fingerprint density at radius 2 is 1.67 bits per heavy atom. The molecule has 0 heterocycles. The fourth-order valence-electron chi connectivity index (χ4n) is 2.92. The molecule has 2 atom stereocenters. The van der Waals surface area contributed by atoms with Crippen LogP contribution in [0.2, 0.25) is 0 Å². The Kier molecular flexibility index (Phi) is 20.0. The molecule has 8 nitrogen and oxygen atoms in total. The Hall–Kier alpha value is -1.01. The molecule has 2 N–H and O–H groups in total. The van der Waals surface area contributed by atoms with Gasteiger partial charge in [-0.15, -0.1) is 0 Å². The average Bonchev–Trinajstić information content (AvgIpc) is 2.87. The summed E-state index contributed by atoms with van der Waals surface area (Å²) < 4.78 is 28.9. The summed E-state index contributed by atoms with van der Waals surface area (Å²) in [6.07, 6.45) is 1.37. The summed E-state index contributed by atoms with van der Waals surface area (Å²) >= 11 is 0. The molecule has 0 aliphatic heterocycles. The third kappa shape index (κ3) is 21.4. The summed E-state index contributed by atoms with van der Waals surface area (Å²) in [5.74, 6) is 1.07. The topological polar surface area (TPSA) is 87.3 Å². The van der Waals surface area contributed by atoms with Crippen molar-refractivity contribution in [3.05, 3.63) is 24.3 Å². The van der Waals surface area contributed by atoms with Crippen LogP contribution in [0.25, 0.3) is 0 Å². The lowest BCUT2D eigenvalue weighted by Crippen LogP contribution is -2.29. The van der Waals surface area contributed by atoms with Crippen molar-refractivity contribution >= 4 is 33.2 Å². The monoisotopic (exact) mass is 588 g/mol. The van der Waals surface area contributed by atoms with Gasteiger partial charge in [-0.2, -0.15) is 0 Å².